The first-order valence-electron chi connectivity index (χ1n) is 15.0. The molecule has 0 aliphatic heterocycles. The lowest BCUT2D eigenvalue weighted by molar-refractivity contribution is -0.697. The number of benzene rings is 1. The zero-order valence-corrected chi connectivity index (χ0v) is 29.0. The van der Waals surface area contributed by atoms with Crippen molar-refractivity contribution in [2.24, 2.45) is 0 Å². The average Bonchev–Trinajstić information content (AvgIpc) is 2.95. The Morgan fingerprint density at radius 1 is 0.833 bits per heavy atom. The Bertz CT molecular complexity index is 1500. The summed E-state index contributed by atoms with van der Waals surface area (Å²) in [5.74, 6) is 0. The zero-order valence-electron chi connectivity index (χ0n) is 27.3. The van der Waals surface area contributed by atoms with E-state index in [0.29, 0.717) is 6.61 Å². The van der Waals surface area contributed by atoms with Gasteiger partial charge in [0.2, 0.25) is 0 Å². The number of aryl methyl sites for hydroxylation is 2. The van der Waals surface area contributed by atoms with E-state index in [0.717, 1.165) is 40.2 Å². The van der Waals surface area contributed by atoms with Crippen LogP contribution in [-0.2, 0) is 36.9 Å². The van der Waals surface area contributed by atoms with Crippen molar-refractivity contribution in [2.45, 2.75) is 102 Å². The molecule has 48 heavy (non-hydrogen) atoms. The van der Waals surface area contributed by atoms with Gasteiger partial charge in [-0.25, -0.2) is 26.2 Å². The van der Waals surface area contributed by atoms with Crippen LogP contribution in [0.15, 0.2) is 55.4 Å². The number of amides is 1. The number of nitrogens with one attached hydrogen (secondary N) is 1. The van der Waals surface area contributed by atoms with E-state index in [1.165, 1.54) is 44.1 Å². The SMILES string of the molecule is C=C(C)c1cccc(C(C)(C)NC(=O)OCCCCCCCCCC[n+]2ccc(C)cc2)c1.O=S(=O)([N-]S(=O)(=O)C(F)(F)F)C(F)(F)F. The van der Waals surface area contributed by atoms with Gasteiger partial charge in [0.1, 0.15) is 6.54 Å². The number of sulfonamides is 2. The number of unbranched alkanes of at least 4 members (excludes halogenated alkanes) is 7. The molecule has 17 heteroatoms. The van der Waals surface area contributed by atoms with Crippen molar-refractivity contribution in [1.29, 1.82) is 0 Å². The van der Waals surface area contributed by atoms with E-state index in [1.807, 2.05) is 39.0 Å². The van der Waals surface area contributed by atoms with Crippen LogP contribution in [0.25, 0.3) is 9.70 Å². The van der Waals surface area contributed by atoms with Gasteiger partial charge in [0.25, 0.3) is 0 Å². The van der Waals surface area contributed by atoms with Gasteiger partial charge in [-0.1, -0.05) is 62.5 Å². The van der Waals surface area contributed by atoms with Crippen LogP contribution < -0.4 is 9.88 Å². The highest BCUT2D eigenvalue weighted by atomic mass is 32.3. The lowest BCUT2D eigenvalue weighted by Crippen LogP contribution is -2.41. The highest BCUT2D eigenvalue weighted by molar-refractivity contribution is 8.13. The second kappa shape index (κ2) is 18.5. The third-order valence-electron chi connectivity index (χ3n) is 6.87. The van der Waals surface area contributed by atoms with E-state index in [1.54, 1.807) is 0 Å². The molecule has 0 bridgehead atoms. The molecule has 0 atom stereocenters. The quantitative estimate of drug-likeness (QED) is 0.106. The smallest absolute Gasteiger partial charge is 0.450 e. The van der Waals surface area contributed by atoms with Gasteiger partial charge < -0.3 is 14.2 Å². The summed E-state index contributed by atoms with van der Waals surface area (Å²) in [6, 6.07) is 12.5. The van der Waals surface area contributed by atoms with Crippen molar-refractivity contribution < 1.29 is 57.3 Å². The van der Waals surface area contributed by atoms with Gasteiger partial charge >= 0.3 is 17.1 Å². The molecule has 0 fully saturated rings. The second-order valence-electron chi connectivity index (χ2n) is 11.6. The van der Waals surface area contributed by atoms with Crippen LogP contribution in [0, 0.1) is 6.92 Å². The Balaban J connectivity index is 0.000000646. The van der Waals surface area contributed by atoms with Crippen LogP contribution in [0.1, 0.15) is 88.8 Å². The number of halogens is 6. The number of hydrogen-bond acceptors (Lipinski definition) is 6. The van der Waals surface area contributed by atoms with E-state index < -0.39 is 36.6 Å². The van der Waals surface area contributed by atoms with Gasteiger partial charge in [0, 0.05) is 18.6 Å². The molecule has 0 aliphatic carbocycles. The van der Waals surface area contributed by atoms with Crippen LogP contribution in [0.2, 0.25) is 0 Å². The highest BCUT2D eigenvalue weighted by Crippen LogP contribution is 2.36. The van der Waals surface area contributed by atoms with Crippen molar-refractivity contribution in [3.8, 4) is 0 Å². The normalized spacial score (nSPS) is 12.5. The van der Waals surface area contributed by atoms with Gasteiger partial charge in [-0.05, 0) is 63.3 Å². The summed E-state index contributed by atoms with van der Waals surface area (Å²) < 4.78 is 117. The first kappa shape index (κ1) is 42.8. The molecule has 0 saturated heterocycles. The number of carbonyl (C=O) groups is 1. The number of alkyl carbamates (subject to hydrolysis) is 1. The zero-order chi connectivity index (χ0) is 36.8. The molecule has 0 saturated carbocycles. The number of allylic oxidation sites excluding steroid dienone is 1. The number of pyridine rings is 1. The maximum Gasteiger partial charge on any atom is 0.480 e. The third-order valence-corrected chi connectivity index (χ3v) is 9.61. The summed E-state index contributed by atoms with van der Waals surface area (Å²) in [5.41, 5.74) is -8.46. The summed E-state index contributed by atoms with van der Waals surface area (Å²) in [7, 11) is -13.4. The summed E-state index contributed by atoms with van der Waals surface area (Å²) in [6.07, 6.45) is 13.6. The molecule has 0 aliphatic rings. The number of ether oxygens (including phenoxy) is 1. The van der Waals surface area contributed by atoms with Crippen LogP contribution >= 0.6 is 0 Å². The molecule has 1 aromatic heterocycles. The number of hydrogen-bond donors (Lipinski definition) is 1. The Morgan fingerprint density at radius 3 is 1.79 bits per heavy atom. The molecule has 1 aromatic carbocycles. The predicted molar refractivity (Wildman–Crippen MR) is 170 cm³/mol. The maximum atomic E-state index is 12.3. The van der Waals surface area contributed by atoms with E-state index in [4.69, 9.17) is 4.74 Å². The third kappa shape index (κ3) is 15.4. The average molecular weight is 732 g/mol. The van der Waals surface area contributed by atoms with E-state index in [-0.39, 0.29) is 6.09 Å². The largest absolute Gasteiger partial charge is 0.480 e. The molecular formula is C31H43F6N3O6S2. The van der Waals surface area contributed by atoms with Gasteiger partial charge in [-0.3, -0.25) is 0 Å². The van der Waals surface area contributed by atoms with Gasteiger partial charge in [-0.15, -0.1) is 0 Å². The molecule has 272 valence electrons. The summed E-state index contributed by atoms with van der Waals surface area (Å²) in [6.45, 7) is 13.7. The van der Waals surface area contributed by atoms with Crippen LogP contribution in [0.3, 0.4) is 0 Å². The summed E-state index contributed by atoms with van der Waals surface area (Å²) >= 11 is 0. The standard InChI is InChI=1S/C29H42N2O2.C2F6NO4S2/c1-24(2)26-15-14-16-27(23-26)29(4,5)30-28(32)33-22-13-11-9-7-6-8-10-12-19-31-20-17-25(3)18-21-31;3-1(4,5)14(10,11)9-15(12,13)2(6,7)8/h14-18,20-21,23H,1,6-13,19,22H2,2-5H3;/q;-1/p+1. The number of alkyl halides is 6. The minimum absolute atomic E-state index is 0.354. The first-order chi connectivity index (χ1) is 22.0. The number of nitrogens with zero attached hydrogens (tertiary/aromatic N) is 2. The van der Waals surface area contributed by atoms with Gasteiger partial charge in [0.05, 0.1) is 12.1 Å². The molecule has 9 nitrogen and oxygen atoms in total. The molecule has 0 spiro atoms. The minimum Gasteiger partial charge on any atom is -0.450 e. The monoisotopic (exact) mass is 731 g/mol. The fourth-order valence-electron chi connectivity index (χ4n) is 4.05. The van der Waals surface area contributed by atoms with Crippen molar-refractivity contribution in [2.75, 3.05) is 6.61 Å². The fourth-order valence-corrected chi connectivity index (χ4v) is 5.76. The molecule has 0 unspecified atom stereocenters. The van der Waals surface area contributed by atoms with Crippen LogP contribution in [-0.4, -0.2) is 40.6 Å². The molecule has 2 rings (SSSR count). The van der Waals surface area contributed by atoms with Crippen molar-refractivity contribution in [3.05, 3.63) is 76.2 Å². The topological polar surface area (TPSA) is 125 Å². The Kier molecular flexibility index (Phi) is 16.6. The number of aromatic nitrogens is 1. The summed E-state index contributed by atoms with van der Waals surface area (Å²) in [4.78, 5) is 12.3. The molecule has 0 radical (unpaired) electrons. The second-order valence-corrected chi connectivity index (χ2v) is 15.0. The molecular weight excluding hydrogens is 688 g/mol. The Labute approximate surface area is 278 Å². The van der Waals surface area contributed by atoms with E-state index >= 15 is 0 Å². The molecule has 1 amide bonds. The Morgan fingerprint density at radius 2 is 1.31 bits per heavy atom. The van der Waals surface area contributed by atoms with Crippen molar-refractivity contribution in [1.82, 2.24) is 5.32 Å². The molecule has 1 N–H and O–H groups in total. The van der Waals surface area contributed by atoms with Gasteiger partial charge in [0.15, 0.2) is 32.4 Å². The van der Waals surface area contributed by atoms with Crippen molar-refractivity contribution >= 4 is 31.7 Å². The lowest BCUT2D eigenvalue weighted by Gasteiger charge is -2.27. The highest BCUT2D eigenvalue weighted by Gasteiger charge is 2.47. The fraction of sp³-hybridized carbons (Fsp3) is 0.548. The van der Waals surface area contributed by atoms with Crippen LogP contribution in [0.4, 0.5) is 31.1 Å². The van der Waals surface area contributed by atoms with E-state index in [9.17, 15) is 48.0 Å². The Hall–Kier alpha value is -3.18. The molecule has 1 heterocycles. The van der Waals surface area contributed by atoms with E-state index in [2.05, 4.69) is 54.0 Å². The minimum atomic E-state index is -6.72. The number of rotatable bonds is 16. The summed E-state index contributed by atoms with van der Waals surface area (Å²) in [5, 5.41) is 2.99. The maximum absolute atomic E-state index is 12.3. The van der Waals surface area contributed by atoms with Crippen molar-refractivity contribution in [3.63, 3.8) is 0 Å². The first-order valence-corrected chi connectivity index (χ1v) is 17.9. The molecule has 2 aromatic rings. The predicted octanol–water partition coefficient (Wildman–Crippen LogP) is 8.16. The van der Waals surface area contributed by atoms with Crippen LogP contribution in [0.5, 0.6) is 0 Å². The number of carbonyl (C=O) groups excluding carboxylic acids is 1. The van der Waals surface area contributed by atoms with Gasteiger partial charge in [-0.2, -0.15) is 26.3 Å². The lowest BCUT2D eigenvalue weighted by atomic mass is 9.92.